The van der Waals surface area contributed by atoms with Crippen LogP contribution in [0.4, 0.5) is 0 Å². The average Bonchev–Trinajstić information content (AvgIpc) is 2.56. The molecule has 0 aliphatic rings. The van der Waals surface area contributed by atoms with Crippen LogP contribution in [0.15, 0.2) is 30.3 Å². The summed E-state index contributed by atoms with van der Waals surface area (Å²) in [5.41, 5.74) is 5.90. The van der Waals surface area contributed by atoms with Gasteiger partial charge in [-0.15, -0.1) is 0 Å². The summed E-state index contributed by atoms with van der Waals surface area (Å²) in [5.74, 6) is -2.12. The van der Waals surface area contributed by atoms with Gasteiger partial charge < -0.3 is 15.8 Å². The molecule has 22 heavy (non-hydrogen) atoms. The lowest BCUT2D eigenvalue weighted by Crippen LogP contribution is -2.47. The molecule has 0 fully saturated rings. The maximum absolute atomic E-state index is 12.0. The van der Waals surface area contributed by atoms with E-state index in [1.807, 2.05) is 0 Å². The molecule has 1 atom stereocenters. The lowest BCUT2D eigenvalue weighted by molar-refractivity contribution is -0.141. The molecule has 0 heterocycles. The Balaban J connectivity index is 2.43. The number of hydrogen-bond acceptors (Lipinski definition) is 6. The van der Waals surface area contributed by atoms with Crippen molar-refractivity contribution in [3.63, 3.8) is 0 Å². The fourth-order valence-electron chi connectivity index (χ4n) is 1.63. The zero-order valence-corrected chi connectivity index (χ0v) is 12.2. The largest absolute Gasteiger partial charge is 0.469 e. The molecule has 1 amide bonds. The molecular formula is C15H18N2O5. The molecule has 0 saturated carbocycles. The van der Waals surface area contributed by atoms with Crippen molar-refractivity contribution in [2.24, 2.45) is 5.73 Å². The van der Waals surface area contributed by atoms with E-state index in [9.17, 15) is 19.2 Å². The van der Waals surface area contributed by atoms with Crippen LogP contribution >= 0.6 is 0 Å². The van der Waals surface area contributed by atoms with Gasteiger partial charge in [-0.3, -0.25) is 19.2 Å². The maximum atomic E-state index is 12.0. The molecule has 0 aromatic heterocycles. The number of Topliss-reactive ketones (excluding diaryl/α,β-unsaturated/α-hetero) is 2. The van der Waals surface area contributed by atoms with Crippen molar-refractivity contribution in [3.8, 4) is 0 Å². The van der Waals surface area contributed by atoms with Gasteiger partial charge in [0.1, 0.15) is 6.04 Å². The van der Waals surface area contributed by atoms with E-state index in [4.69, 9.17) is 5.73 Å². The van der Waals surface area contributed by atoms with E-state index in [1.165, 1.54) is 7.11 Å². The molecule has 1 rings (SSSR count). The summed E-state index contributed by atoms with van der Waals surface area (Å²) < 4.78 is 4.40. The van der Waals surface area contributed by atoms with E-state index in [1.54, 1.807) is 30.3 Å². The van der Waals surface area contributed by atoms with Gasteiger partial charge in [-0.2, -0.15) is 0 Å². The topological polar surface area (TPSA) is 116 Å². The molecule has 7 heteroatoms. The molecule has 0 saturated heterocycles. The van der Waals surface area contributed by atoms with Crippen molar-refractivity contribution >= 4 is 23.4 Å². The van der Waals surface area contributed by atoms with Crippen LogP contribution in [0, 0.1) is 0 Å². The Labute approximate surface area is 127 Å². The summed E-state index contributed by atoms with van der Waals surface area (Å²) in [5, 5.41) is 2.29. The Hall–Kier alpha value is -2.54. The van der Waals surface area contributed by atoms with Gasteiger partial charge in [-0.05, 0) is 0 Å². The van der Waals surface area contributed by atoms with Crippen molar-refractivity contribution in [1.29, 1.82) is 0 Å². The highest BCUT2D eigenvalue weighted by atomic mass is 16.5. The first-order valence-corrected chi connectivity index (χ1v) is 6.66. The molecule has 0 aliphatic heterocycles. The molecule has 3 N–H and O–H groups in total. The fraction of sp³-hybridized carbons (Fsp3) is 0.333. The zero-order valence-electron chi connectivity index (χ0n) is 12.2. The summed E-state index contributed by atoms with van der Waals surface area (Å²) in [6.07, 6.45) is -0.102. The molecule has 118 valence electrons. The third-order valence-corrected chi connectivity index (χ3v) is 2.92. The molecule has 0 unspecified atom stereocenters. The highest BCUT2D eigenvalue weighted by Gasteiger charge is 2.23. The number of carbonyl (C=O) groups excluding carboxylic acids is 4. The quantitative estimate of drug-likeness (QED) is 0.391. The first-order chi connectivity index (χ1) is 10.5. The Bertz CT molecular complexity index is 556. The van der Waals surface area contributed by atoms with Gasteiger partial charge in [0.25, 0.3) is 0 Å². The normalized spacial score (nSPS) is 11.4. The maximum Gasteiger partial charge on any atom is 0.305 e. The summed E-state index contributed by atoms with van der Waals surface area (Å²) in [4.78, 5) is 46.1. The number of nitrogens with one attached hydrogen (secondary N) is 1. The summed E-state index contributed by atoms with van der Waals surface area (Å²) >= 11 is 0. The highest BCUT2D eigenvalue weighted by Crippen LogP contribution is 2.02. The Kier molecular flexibility index (Phi) is 6.91. The number of carbonyl (C=O) groups is 4. The molecule has 1 aromatic rings. The van der Waals surface area contributed by atoms with Gasteiger partial charge in [-0.1, -0.05) is 30.3 Å². The minimum atomic E-state index is -1.38. The number of amides is 1. The van der Waals surface area contributed by atoms with Crippen LogP contribution in [-0.4, -0.2) is 43.1 Å². The number of methoxy groups -OCH3 is 1. The number of nitrogens with two attached hydrogens (primary N) is 1. The Morgan fingerprint density at radius 2 is 1.77 bits per heavy atom. The standard InChI is InChI=1S/C15H18N2O5/c1-22-12(19)8-7-11(18)9-17-15(21)13(16)14(20)10-5-3-2-4-6-10/h2-6,13H,7-9,16H2,1H3,(H,17,21)/t13-/m0/s1. The molecule has 0 spiro atoms. The van der Waals surface area contributed by atoms with Crippen molar-refractivity contribution < 1.29 is 23.9 Å². The number of ketones is 2. The van der Waals surface area contributed by atoms with Gasteiger partial charge in [0.15, 0.2) is 11.6 Å². The first-order valence-electron chi connectivity index (χ1n) is 6.66. The SMILES string of the molecule is COC(=O)CCC(=O)CNC(=O)[C@@H](N)C(=O)c1ccccc1. The highest BCUT2D eigenvalue weighted by molar-refractivity contribution is 6.13. The third kappa shape index (κ3) is 5.45. The van der Waals surface area contributed by atoms with E-state index in [0.717, 1.165) is 0 Å². The van der Waals surface area contributed by atoms with E-state index in [0.29, 0.717) is 5.56 Å². The summed E-state index contributed by atoms with van der Waals surface area (Å²) in [7, 11) is 1.22. The van der Waals surface area contributed by atoms with Crippen molar-refractivity contribution in [2.75, 3.05) is 13.7 Å². The second-order valence-corrected chi connectivity index (χ2v) is 4.54. The molecule has 0 bridgehead atoms. The molecule has 1 aromatic carbocycles. The lowest BCUT2D eigenvalue weighted by Gasteiger charge is -2.11. The van der Waals surface area contributed by atoms with E-state index < -0.39 is 23.7 Å². The van der Waals surface area contributed by atoms with Crippen LogP contribution in [0.5, 0.6) is 0 Å². The number of benzene rings is 1. The van der Waals surface area contributed by atoms with E-state index in [2.05, 4.69) is 10.1 Å². The second kappa shape index (κ2) is 8.68. The van der Waals surface area contributed by atoms with Gasteiger partial charge >= 0.3 is 5.97 Å². The number of rotatable bonds is 8. The van der Waals surface area contributed by atoms with Crippen LogP contribution in [0.25, 0.3) is 0 Å². The van der Waals surface area contributed by atoms with E-state index in [-0.39, 0.29) is 25.2 Å². The minimum absolute atomic E-state index is 0.0468. The second-order valence-electron chi connectivity index (χ2n) is 4.54. The third-order valence-electron chi connectivity index (χ3n) is 2.92. The zero-order chi connectivity index (χ0) is 16.5. The first kappa shape index (κ1) is 17.5. The Morgan fingerprint density at radius 1 is 1.14 bits per heavy atom. The monoisotopic (exact) mass is 306 g/mol. The molecule has 0 aliphatic carbocycles. The van der Waals surface area contributed by atoms with Gasteiger partial charge in [0.05, 0.1) is 20.1 Å². The van der Waals surface area contributed by atoms with Crippen LogP contribution in [0.1, 0.15) is 23.2 Å². The predicted molar refractivity (Wildman–Crippen MR) is 78.0 cm³/mol. The van der Waals surface area contributed by atoms with Gasteiger partial charge in [0.2, 0.25) is 5.91 Å². The number of esters is 1. The van der Waals surface area contributed by atoms with Crippen molar-refractivity contribution in [2.45, 2.75) is 18.9 Å². The van der Waals surface area contributed by atoms with Crippen molar-refractivity contribution in [1.82, 2.24) is 5.32 Å². The summed E-state index contributed by atoms with van der Waals surface area (Å²) in [6.45, 7) is -0.286. The van der Waals surface area contributed by atoms with Crippen LogP contribution in [0.2, 0.25) is 0 Å². The molecule has 0 radical (unpaired) electrons. The van der Waals surface area contributed by atoms with Crippen molar-refractivity contribution in [3.05, 3.63) is 35.9 Å². The lowest BCUT2D eigenvalue weighted by atomic mass is 10.0. The smallest absolute Gasteiger partial charge is 0.305 e. The van der Waals surface area contributed by atoms with Crippen LogP contribution < -0.4 is 11.1 Å². The Morgan fingerprint density at radius 3 is 2.36 bits per heavy atom. The predicted octanol–water partition coefficient (Wildman–Crippen LogP) is -0.165. The molecular weight excluding hydrogens is 288 g/mol. The van der Waals surface area contributed by atoms with Crippen LogP contribution in [0.3, 0.4) is 0 Å². The van der Waals surface area contributed by atoms with E-state index >= 15 is 0 Å². The minimum Gasteiger partial charge on any atom is -0.469 e. The van der Waals surface area contributed by atoms with Gasteiger partial charge in [-0.25, -0.2) is 0 Å². The fourth-order valence-corrected chi connectivity index (χ4v) is 1.63. The number of hydrogen-bond donors (Lipinski definition) is 2. The number of ether oxygens (including phenoxy) is 1. The van der Waals surface area contributed by atoms with Gasteiger partial charge in [0, 0.05) is 12.0 Å². The molecule has 7 nitrogen and oxygen atoms in total. The average molecular weight is 306 g/mol. The summed E-state index contributed by atoms with van der Waals surface area (Å²) in [6, 6.07) is 6.79. The van der Waals surface area contributed by atoms with Crippen LogP contribution in [-0.2, 0) is 19.1 Å².